The minimum atomic E-state index is -1.57. The van der Waals surface area contributed by atoms with Gasteiger partial charge < -0.3 is 39.1 Å². The van der Waals surface area contributed by atoms with E-state index < -0.39 is 42.9 Å². The Balaban J connectivity index is 1.94. The number of methoxy groups -OCH3 is 1. The molecular formula is C16H18O9. The Morgan fingerprint density at radius 2 is 1.84 bits per heavy atom. The normalized spacial score (nSPS) is 29.6. The second-order valence-corrected chi connectivity index (χ2v) is 5.61. The highest BCUT2D eigenvalue weighted by molar-refractivity contribution is 5.80. The Kier molecular flexibility index (Phi) is 4.93. The molecule has 1 aliphatic heterocycles. The van der Waals surface area contributed by atoms with Crippen LogP contribution in [0.15, 0.2) is 33.5 Å². The highest BCUT2D eigenvalue weighted by atomic mass is 16.7. The van der Waals surface area contributed by atoms with Crippen molar-refractivity contribution in [1.29, 1.82) is 0 Å². The number of fused-ring (bicyclic) bond motifs is 1. The van der Waals surface area contributed by atoms with Crippen LogP contribution in [0.1, 0.15) is 0 Å². The van der Waals surface area contributed by atoms with Gasteiger partial charge in [-0.25, -0.2) is 4.79 Å². The van der Waals surface area contributed by atoms with Gasteiger partial charge in [0.2, 0.25) is 6.29 Å². The first-order valence-electron chi connectivity index (χ1n) is 7.53. The number of benzene rings is 1. The van der Waals surface area contributed by atoms with Gasteiger partial charge in [0.15, 0.2) is 11.5 Å². The topological polar surface area (TPSA) is 139 Å². The van der Waals surface area contributed by atoms with E-state index in [0.717, 1.165) is 0 Å². The van der Waals surface area contributed by atoms with Gasteiger partial charge in [0, 0.05) is 17.5 Å². The lowest BCUT2D eigenvalue weighted by Crippen LogP contribution is -2.60. The molecule has 4 N–H and O–H groups in total. The summed E-state index contributed by atoms with van der Waals surface area (Å²) < 4.78 is 21.1. The van der Waals surface area contributed by atoms with Crippen LogP contribution in [0.4, 0.5) is 0 Å². The van der Waals surface area contributed by atoms with Crippen molar-refractivity contribution in [2.45, 2.75) is 30.7 Å². The van der Waals surface area contributed by atoms with Gasteiger partial charge in [-0.15, -0.1) is 0 Å². The van der Waals surface area contributed by atoms with Gasteiger partial charge in [0.25, 0.3) is 0 Å². The van der Waals surface area contributed by atoms with Gasteiger partial charge in [0.1, 0.15) is 30.0 Å². The summed E-state index contributed by atoms with van der Waals surface area (Å²) in [5, 5.41) is 39.5. The third-order valence-electron chi connectivity index (χ3n) is 4.00. The number of aliphatic hydroxyl groups excluding tert-OH is 4. The van der Waals surface area contributed by atoms with Crippen LogP contribution in [-0.2, 0) is 4.74 Å². The molecule has 3 rings (SSSR count). The molecule has 5 atom stereocenters. The molecule has 0 amide bonds. The Labute approximate surface area is 141 Å². The van der Waals surface area contributed by atoms with Crippen molar-refractivity contribution in [3.05, 3.63) is 34.7 Å². The number of rotatable bonds is 4. The average Bonchev–Trinajstić information content (AvgIpc) is 2.61. The first kappa shape index (κ1) is 17.6. The summed E-state index contributed by atoms with van der Waals surface area (Å²) >= 11 is 0. The highest BCUT2D eigenvalue weighted by Crippen LogP contribution is 2.34. The zero-order valence-electron chi connectivity index (χ0n) is 13.2. The zero-order chi connectivity index (χ0) is 18.1. The van der Waals surface area contributed by atoms with E-state index in [-0.39, 0.29) is 17.1 Å². The fourth-order valence-corrected chi connectivity index (χ4v) is 2.62. The van der Waals surface area contributed by atoms with Crippen molar-refractivity contribution in [2.24, 2.45) is 0 Å². The van der Waals surface area contributed by atoms with Gasteiger partial charge >= 0.3 is 5.63 Å². The molecule has 0 aliphatic carbocycles. The summed E-state index contributed by atoms with van der Waals surface area (Å²) in [5.74, 6) is 0.368. The maximum atomic E-state index is 11.4. The van der Waals surface area contributed by atoms with Crippen molar-refractivity contribution < 1.29 is 39.1 Å². The average molecular weight is 354 g/mol. The highest BCUT2D eigenvalue weighted by Gasteiger charge is 2.45. The lowest BCUT2D eigenvalue weighted by atomic mass is 9.99. The van der Waals surface area contributed by atoms with E-state index in [2.05, 4.69) is 0 Å². The van der Waals surface area contributed by atoms with Crippen molar-refractivity contribution >= 4 is 11.0 Å². The molecule has 0 bridgehead atoms. The Hall–Kier alpha value is -2.17. The quantitative estimate of drug-likeness (QED) is 0.508. The number of aliphatic hydroxyl groups is 4. The third kappa shape index (κ3) is 3.32. The second-order valence-electron chi connectivity index (χ2n) is 5.61. The third-order valence-corrected chi connectivity index (χ3v) is 4.00. The van der Waals surface area contributed by atoms with Gasteiger partial charge in [-0.1, -0.05) is 0 Å². The first-order chi connectivity index (χ1) is 11.9. The molecule has 136 valence electrons. The SMILES string of the molecule is COc1cc2ccc(=O)oc2cc1OC1O[C@H](CO)[C@@H](O)[C@H](O)[C@H]1O. The van der Waals surface area contributed by atoms with E-state index in [0.29, 0.717) is 5.39 Å². The summed E-state index contributed by atoms with van der Waals surface area (Å²) in [5.41, 5.74) is -0.315. The van der Waals surface area contributed by atoms with Gasteiger partial charge in [-0.2, -0.15) is 0 Å². The first-order valence-corrected chi connectivity index (χ1v) is 7.53. The Morgan fingerprint density at radius 1 is 1.08 bits per heavy atom. The molecule has 0 spiro atoms. The summed E-state index contributed by atoms with van der Waals surface area (Å²) in [6.45, 7) is -0.575. The fourth-order valence-electron chi connectivity index (χ4n) is 2.62. The largest absolute Gasteiger partial charge is 0.493 e. The summed E-state index contributed by atoms with van der Waals surface area (Å²) in [4.78, 5) is 11.4. The maximum absolute atomic E-state index is 11.4. The minimum Gasteiger partial charge on any atom is -0.493 e. The van der Waals surface area contributed by atoms with E-state index in [1.54, 1.807) is 12.1 Å². The molecule has 9 nitrogen and oxygen atoms in total. The van der Waals surface area contributed by atoms with Crippen molar-refractivity contribution in [1.82, 2.24) is 0 Å². The molecule has 2 heterocycles. The van der Waals surface area contributed by atoms with E-state index in [4.69, 9.17) is 18.6 Å². The predicted molar refractivity (Wildman–Crippen MR) is 83.4 cm³/mol. The lowest BCUT2D eigenvalue weighted by molar-refractivity contribution is -0.277. The molecule has 9 heteroatoms. The fraction of sp³-hybridized carbons (Fsp3) is 0.438. The van der Waals surface area contributed by atoms with Crippen LogP contribution in [-0.4, -0.2) is 64.8 Å². The molecule has 1 saturated heterocycles. The molecule has 1 aromatic carbocycles. The van der Waals surface area contributed by atoms with E-state index in [1.807, 2.05) is 0 Å². The summed E-state index contributed by atoms with van der Waals surface area (Å²) in [6.07, 6.45) is -7.11. The molecule has 0 radical (unpaired) electrons. The Bertz CT molecular complexity index is 800. The standard InChI is InChI=1S/C16H18O9/c1-22-9-4-7-2-3-12(18)23-8(7)5-10(9)24-16-15(21)14(20)13(19)11(6-17)25-16/h2-5,11,13-17,19-21H,6H2,1H3/t11-,13-,14+,15-,16?/m1/s1. The van der Waals surface area contributed by atoms with Gasteiger partial charge in [-0.05, 0) is 12.1 Å². The molecule has 25 heavy (non-hydrogen) atoms. The molecule has 0 saturated carbocycles. The smallest absolute Gasteiger partial charge is 0.336 e. The molecule has 1 aromatic heterocycles. The number of hydrogen-bond acceptors (Lipinski definition) is 9. The maximum Gasteiger partial charge on any atom is 0.336 e. The van der Waals surface area contributed by atoms with Gasteiger partial charge in [-0.3, -0.25) is 0 Å². The van der Waals surface area contributed by atoms with Crippen LogP contribution in [0.25, 0.3) is 11.0 Å². The minimum absolute atomic E-state index is 0.0914. The van der Waals surface area contributed by atoms with Crippen molar-refractivity contribution in [2.75, 3.05) is 13.7 Å². The van der Waals surface area contributed by atoms with Crippen LogP contribution < -0.4 is 15.1 Å². The summed E-state index contributed by atoms with van der Waals surface area (Å²) in [6, 6.07) is 5.77. The van der Waals surface area contributed by atoms with Gasteiger partial charge in [0.05, 0.1) is 13.7 Å². The second kappa shape index (κ2) is 6.98. The summed E-state index contributed by atoms with van der Waals surface area (Å²) in [7, 11) is 1.40. The lowest BCUT2D eigenvalue weighted by Gasteiger charge is -2.39. The molecule has 1 unspecified atom stereocenters. The zero-order valence-corrected chi connectivity index (χ0v) is 13.2. The Morgan fingerprint density at radius 3 is 2.52 bits per heavy atom. The van der Waals surface area contributed by atoms with E-state index in [1.165, 1.54) is 19.2 Å². The monoisotopic (exact) mass is 354 g/mol. The van der Waals surface area contributed by atoms with Crippen molar-refractivity contribution in [3.8, 4) is 11.5 Å². The predicted octanol–water partition coefficient (Wildman–Crippen LogP) is -1.02. The molecule has 1 aliphatic rings. The van der Waals surface area contributed by atoms with Crippen LogP contribution in [0.3, 0.4) is 0 Å². The molecule has 1 fully saturated rings. The van der Waals surface area contributed by atoms with Crippen molar-refractivity contribution in [3.63, 3.8) is 0 Å². The van der Waals surface area contributed by atoms with Crippen LogP contribution in [0.2, 0.25) is 0 Å². The van der Waals surface area contributed by atoms with E-state index in [9.17, 15) is 25.2 Å². The van der Waals surface area contributed by atoms with Crippen LogP contribution >= 0.6 is 0 Å². The number of ether oxygens (including phenoxy) is 3. The van der Waals surface area contributed by atoms with Crippen LogP contribution in [0.5, 0.6) is 11.5 Å². The molecule has 2 aromatic rings. The molecular weight excluding hydrogens is 336 g/mol. The number of hydrogen-bond donors (Lipinski definition) is 4. The van der Waals surface area contributed by atoms with Crippen LogP contribution in [0, 0.1) is 0 Å². The van der Waals surface area contributed by atoms with E-state index >= 15 is 0 Å².